The lowest BCUT2D eigenvalue weighted by molar-refractivity contribution is 0.0700. The molecule has 0 radical (unpaired) electrons. The van der Waals surface area contributed by atoms with Crippen molar-refractivity contribution in [1.29, 1.82) is 0 Å². The largest absolute Gasteiger partial charge is 0.442 e. The molecule has 150 valence electrons. The minimum absolute atomic E-state index is 0.0733. The third kappa shape index (κ3) is 5.33. The number of nitrogens with zero attached hydrogens (tertiary/aromatic N) is 1. The van der Waals surface area contributed by atoms with Crippen LogP contribution in [0.15, 0.2) is 79.7 Å². The molecule has 1 N–H and O–H groups in total. The van der Waals surface area contributed by atoms with Crippen molar-refractivity contribution in [1.82, 2.24) is 4.83 Å². The number of benzene rings is 2. The van der Waals surface area contributed by atoms with E-state index in [1.807, 2.05) is 6.92 Å². The monoisotopic (exact) mass is 476 g/mol. The van der Waals surface area contributed by atoms with Crippen LogP contribution < -0.4 is 9.57 Å². The van der Waals surface area contributed by atoms with Crippen molar-refractivity contribution in [3.05, 3.63) is 82.2 Å². The van der Waals surface area contributed by atoms with Crippen LogP contribution in [0.3, 0.4) is 0 Å². The molecule has 0 unspecified atom stereocenters. The highest BCUT2D eigenvalue weighted by atomic mass is 79.9. The van der Waals surface area contributed by atoms with Crippen LogP contribution in [0.25, 0.3) is 0 Å². The van der Waals surface area contributed by atoms with E-state index in [9.17, 15) is 13.2 Å². The summed E-state index contributed by atoms with van der Waals surface area (Å²) in [5.74, 6) is -0.233. The number of carbonyl (C=O) groups excluding carboxylic acids is 1. The molecule has 9 heteroatoms. The highest BCUT2D eigenvalue weighted by molar-refractivity contribution is 9.10. The van der Waals surface area contributed by atoms with Crippen LogP contribution in [0.1, 0.15) is 28.6 Å². The second-order valence-corrected chi connectivity index (χ2v) is 8.57. The zero-order valence-electron chi connectivity index (χ0n) is 15.5. The van der Waals surface area contributed by atoms with Gasteiger partial charge in [-0.3, -0.25) is 0 Å². The summed E-state index contributed by atoms with van der Waals surface area (Å²) in [4.78, 5) is 14.3. The Labute approximate surface area is 176 Å². The summed E-state index contributed by atoms with van der Waals surface area (Å²) >= 11 is 3.12. The highest BCUT2D eigenvalue weighted by Gasteiger charge is 2.14. The van der Waals surface area contributed by atoms with Gasteiger partial charge in [0.05, 0.1) is 10.6 Å². The average molecular weight is 477 g/mol. The van der Waals surface area contributed by atoms with E-state index in [1.165, 1.54) is 18.2 Å². The van der Waals surface area contributed by atoms with Crippen molar-refractivity contribution in [2.75, 3.05) is 0 Å². The lowest BCUT2D eigenvalue weighted by Gasteiger charge is -2.07. The molecule has 0 aliphatic rings. The standard InChI is InChI=1S/C20H17BrN2O5S/c1-13-3-9-17(10-4-13)29(25,26)23-22-14(2)15-5-7-16(8-6-15)27-20(24)18-11-12-19(21)28-18/h3-12,23H,1-2H3/b22-14+. The molecule has 0 spiro atoms. The molecular formula is C20H17BrN2O5S. The van der Waals surface area contributed by atoms with Crippen LogP contribution in [0, 0.1) is 6.92 Å². The van der Waals surface area contributed by atoms with E-state index in [0.717, 1.165) is 5.56 Å². The molecule has 0 amide bonds. The summed E-state index contributed by atoms with van der Waals surface area (Å²) in [6, 6.07) is 16.1. The number of carbonyl (C=O) groups is 1. The first kappa shape index (κ1) is 20.8. The first-order chi connectivity index (χ1) is 13.7. The fourth-order valence-corrected chi connectivity index (χ4v) is 3.47. The van der Waals surface area contributed by atoms with E-state index >= 15 is 0 Å². The Morgan fingerprint density at radius 2 is 1.69 bits per heavy atom. The molecule has 1 aromatic heterocycles. The number of halogens is 1. The van der Waals surface area contributed by atoms with Gasteiger partial charge in [0, 0.05) is 0 Å². The molecule has 3 aromatic rings. The number of esters is 1. The van der Waals surface area contributed by atoms with Crippen LogP contribution in [-0.2, 0) is 10.0 Å². The smallest absolute Gasteiger partial charge is 0.379 e. The van der Waals surface area contributed by atoms with E-state index in [-0.39, 0.29) is 10.7 Å². The van der Waals surface area contributed by atoms with Crippen molar-refractivity contribution < 1.29 is 22.4 Å². The Bertz CT molecular complexity index is 1150. The lowest BCUT2D eigenvalue weighted by Crippen LogP contribution is -2.20. The van der Waals surface area contributed by atoms with Crippen LogP contribution in [0.4, 0.5) is 0 Å². The second-order valence-electron chi connectivity index (χ2n) is 6.12. The quantitative estimate of drug-likeness (QED) is 0.248. The maximum atomic E-state index is 12.3. The molecular weight excluding hydrogens is 460 g/mol. The van der Waals surface area contributed by atoms with Gasteiger partial charge in [-0.15, -0.1) is 0 Å². The molecule has 0 fully saturated rings. The Morgan fingerprint density at radius 3 is 2.28 bits per heavy atom. The Hall–Kier alpha value is -2.91. The number of sulfonamides is 1. The van der Waals surface area contributed by atoms with Crippen LogP contribution in [-0.4, -0.2) is 20.1 Å². The van der Waals surface area contributed by atoms with Gasteiger partial charge >= 0.3 is 5.97 Å². The van der Waals surface area contributed by atoms with Gasteiger partial charge in [0.2, 0.25) is 5.76 Å². The predicted molar refractivity (Wildman–Crippen MR) is 112 cm³/mol. The number of hydrogen-bond acceptors (Lipinski definition) is 6. The molecule has 0 aliphatic heterocycles. The zero-order valence-corrected chi connectivity index (χ0v) is 18.0. The summed E-state index contributed by atoms with van der Waals surface area (Å²) in [5, 5.41) is 3.96. The zero-order chi connectivity index (χ0) is 21.0. The molecule has 1 heterocycles. The highest BCUT2D eigenvalue weighted by Crippen LogP contribution is 2.18. The van der Waals surface area contributed by atoms with Gasteiger partial charge < -0.3 is 9.15 Å². The number of ether oxygens (including phenoxy) is 1. The molecule has 0 saturated carbocycles. The molecule has 0 saturated heterocycles. The van der Waals surface area contributed by atoms with Crippen molar-refractivity contribution in [3.63, 3.8) is 0 Å². The first-order valence-corrected chi connectivity index (χ1v) is 10.7. The van der Waals surface area contributed by atoms with Crippen LogP contribution in [0.5, 0.6) is 5.75 Å². The topological polar surface area (TPSA) is 98.0 Å². The summed E-state index contributed by atoms with van der Waals surface area (Å²) in [6.07, 6.45) is 0. The summed E-state index contributed by atoms with van der Waals surface area (Å²) < 4.78 is 35.4. The molecule has 2 aromatic carbocycles. The Balaban J connectivity index is 1.67. The molecule has 0 aliphatic carbocycles. The van der Waals surface area contributed by atoms with Gasteiger partial charge in [-0.05, 0) is 83.9 Å². The second kappa shape index (κ2) is 8.62. The summed E-state index contributed by atoms with van der Waals surface area (Å²) in [6.45, 7) is 3.54. The minimum atomic E-state index is -3.75. The molecule has 3 rings (SSSR count). The average Bonchev–Trinajstić information content (AvgIpc) is 3.14. The number of nitrogens with one attached hydrogen (secondary N) is 1. The fourth-order valence-electron chi connectivity index (χ4n) is 2.31. The maximum Gasteiger partial charge on any atom is 0.379 e. The lowest BCUT2D eigenvalue weighted by atomic mass is 10.1. The van der Waals surface area contributed by atoms with E-state index in [1.54, 1.807) is 49.4 Å². The fraction of sp³-hybridized carbons (Fsp3) is 0.100. The first-order valence-electron chi connectivity index (χ1n) is 8.45. The van der Waals surface area contributed by atoms with Gasteiger partial charge in [-0.1, -0.05) is 17.7 Å². The van der Waals surface area contributed by atoms with Gasteiger partial charge in [0.1, 0.15) is 5.75 Å². The summed E-state index contributed by atoms with van der Waals surface area (Å²) in [5.41, 5.74) is 2.08. The molecule has 29 heavy (non-hydrogen) atoms. The number of aryl methyl sites for hydroxylation is 1. The van der Waals surface area contributed by atoms with Crippen molar-refractivity contribution >= 4 is 37.6 Å². The SMILES string of the molecule is C/C(=N\NS(=O)(=O)c1ccc(C)cc1)c1ccc(OC(=O)c2ccc(Br)o2)cc1. The number of hydrogen-bond donors (Lipinski definition) is 1. The van der Waals surface area contributed by atoms with Crippen LogP contribution in [0.2, 0.25) is 0 Å². The van der Waals surface area contributed by atoms with E-state index in [2.05, 4.69) is 25.9 Å². The minimum Gasteiger partial charge on any atom is -0.442 e. The van der Waals surface area contributed by atoms with E-state index in [0.29, 0.717) is 21.7 Å². The van der Waals surface area contributed by atoms with E-state index < -0.39 is 16.0 Å². The molecule has 0 atom stereocenters. The summed E-state index contributed by atoms with van der Waals surface area (Å²) in [7, 11) is -3.75. The van der Waals surface area contributed by atoms with Crippen molar-refractivity contribution in [2.45, 2.75) is 18.7 Å². The number of rotatable bonds is 6. The third-order valence-electron chi connectivity index (χ3n) is 3.92. The third-order valence-corrected chi connectivity index (χ3v) is 5.57. The van der Waals surface area contributed by atoms with Gasteiger partial charge in [-0.2, -0.15) is 18.4 Å². The van der Waals surface area contributed by atoms with Gasteiger partial charge in [-0.25, -0.2) is 4.79 Å². The van der Waals surface area contributed by atoms with Crippen molar-refractivity contribution in [2.24, 2.45) is 5.10 Å². The number of hydrazone groups is 1. The van der Waals surface area contributed by atoms with Gasteiger partial charge in [0.15, 0.2) is 4.67 Å². The molecule has 7 nitrogen and oxygen atoms in total. The molecule has 0 bridgehead atoms. The maximum absolute atomic E-state index is 12.3. The Kier molecular flexibility index (Phi) is 6.19. The normalized spacial score (nSPS) is 11.9. The van der Waals surface area contributed by atoms with Gasteiger partial charge in [0.25, 0.3) is 10.0 Å². The van der Waals surface area contributed by atoms with E-state index in [4.69, 9.17) is 9.15 Å². The number of furan rings is 1. The van der Waals surface area contributed by atoms with Crippen LogP contribution >= 0.6 is 15.9 Å². The Morgan fingerprint density at radius 1 is 1.03 bits per heavy atom. The van der Waals surface area contributed by atoms with Crippen molar-refractivity contribution in [3.8, 4) is 5.75 Å². The predicted octanol–water partition coefficient (Wildman–Crippen LogP) is 4.27.